The Morgan fingerprint density at radius 2 is 2.00 bits per heavy atom. The number of pyridine rings is 1. The second kappa shape index (κ2) is 3.72. The van der Waals surface area contributed by atoms with Gasteiger partial charge < -0.3 is 5.11 Å². The minimum atomic E-state index is -1.39. The zero-order valence-electron chi connectivity index (χ0n) is 7.52. The van der Waals surface area contributed by atoms with Crippen LogP contribution in [-0.4, -0.2) is 16.7 Å². The first-order valence-electron chi connectivity index (χ1n) is 4.42. The van der Waals surface area contributed by atoms with Crippen LogP contribution in [0.25, 0.3) is 10.9 Å². The lowest BCUT2D eigenvalue weighted by Gasteiger charge is -2.04. The first-order chi connectivity index (χ1) is 6.81. The van der Waals surface area contributed by atoms with Gasteiger partial charge in [0.1, 0.15) is 0 Å². The van der Waals surface area contributed by atoms with Gasteiger partial charge in [-0.2, -0.15) is 0 Å². The Balaban J connectivity index is 2.51. The molecule has 2 nitrogen and oxygen atoms in total. The second-order valence-corrected chi connectivity index (χ2v) is 3.08. The third-order valence-corrected chi connectivity index (χ3v) is 2.10. The van der Waals surface area contributed by atoms with Gasteiger partial charge in [-0.25, -0.2) is 9.37 Å². The molecule has 1 atom stereocenters. The van der Waals surface area contributed by atoms with Crippen molar-refractivity contribution in [3.8, 4) is 0 Å². The number of halogens is 1. The number of nitrogens with zero attached hydrogens (tertiary/aromatic N) is 1. The van der Waals surface area contributed by atoms with Gasteiger partial charge in [-0.05, 0) is 12.1 Å². The van der Waals surface area contributed by atoms with Crippen molar-refractivity contribution in [3.05, 3.63) is 42.1 Å². The van der Waals surface area contributed by atoms with Crippen LogP contribution in [0.3, 0.4) is 0 Å². The molecular weight excluding hydrogens is 181 g/mol. The summed E-state index contributed by atoms with van der Waals surface area (Å²) in [7, 11) is 0. The molecule has 0 aliphatic heterocycles. The van der Waals surface area contributed by atoms with Crippen molar-refractivity contribution in [1.29, 1.82) is 0 Å². The number of aliphatic hydroxyl groups excluding tert-OH is 1. The second-order valence-electron chi connectivity index (χ2n) is 3.08. The minimum absolute atomic E-state index is 0.284. The predicted octanol–water partition coefficient (Wildman–Crippen LogP) is 2.24. The molecule has 0 radical (unpaired) electrons. The van der Waals surface area contributed by atoms with Crippen LogP contribution in [0.15, 0.2) is 36.4 Å². The van der Waals surface area contributed by atoms with Crippen molar-refractivity contribution in [2.45, 2.75) is 6.17 Å². The van der Waals surface area contributed by atoms with E-state index in [1.165, 1.54) is 0 Å². The maximum atomic E-state index is 13.1. The number of hydrogen-bond donors (Lipinski definition) is 1. The van der Waals surface area contributed by atoms with E-state index in [0.29, 0.717) is 0 Å². The van der Waals surface area contributed by atoms with Gasteiger partial charge in [-0.1, -0.05) is 24.3 Å². The van der Waals surface area contributed by atoms with E-state index < -0.39 is 12.8 Å². The van der Waals surface area contributed by atoms with Crippen LogP contribution in [-0.2, 0) is 0 Å². The highest BCUT2D eigenvalue weighted by Gasteiger charge is 2.09. The Bertz CT molecular complexity index is 444. The number of para-hydroxylation sites is 1. The van der Waals surface area contributed by atoms with Crippen LogP contribution in [0.5, 0.6) is 0 Å². The average molecular weight is 191 g/mol. The molecule has 2 rings (SSSR count). The largest absolute Gasteiger partial charge is 0.393 e. The summed E-state index contributed by atoms with van der Waals surface area (Å²) in [5.41, 5.74) is 1.03. The van der Waals surface area contributed by atoms with Crippen molar-refractivity contribution in [2.24, 2.45) is 0 Å². The number of rotatable bonds is 2. The first kappa shape index (κ1) is 9.09. The molecule has 0 fully saturated rings. The fourth-order valence-corrected chi connectivity index (χ4v) is 1.35. The minimum Gasteiger partial charge on any atom is -0.393 e. The quantitative estimate of drug-likeness (QED) is 0.789. The lowest BCUT2D eigenvalue weighted by Crippen LogP contribution is -1.99. The van der Waals surface area contributed by atoms with Gasteiger partial charge in [-0.15, -0.1) is 0 Å². The van der Waals surface area contributed by atoms with Crippen LogP contribution < -0.4 is 0 Å². The van der Waals surface area contributed by atoms with Crippen molar-refractivity contribution < 1.29 is 9.50 Å². The summed E-state index contributed by atoms with van der Waals surface area (Å²) in [4.78, 5) is 4.11. The Hall–Kier alpha value is -1.48. The molecule has 72 valence electrons. The summed E-state index contributed by atoms with van der Waals surface area (Å²) in [5.74, 6) is 0. The molecule has 1 aromatic carbocycles. The van der Waals surface area contributed by atoms with Gasteiger partial charge in [0, 0.05) is 5.39 Å². The van der Waals surface area contributed by atoms with Gasteiger partial charge in [0.25, 0.3) is 0 Å². The van der Waals surface area contributed by atoms with E-state index in [4.69, 9.17) is 5.11 Å². The van der Waals surface area contributed by atoms with Crippen molar-refractivity contribution in [1.82, 2.24) is 4.98 Å². The van der Waals surface area contributed by atoms with Crippen LogP contribution in [0.1, 0.15) is 11.9 Å². The molecule has 0 bridgehead atoms. The number of benzene rings is 1. The Morgan fingerprint density at radius 1 is 1.21 bits per heavy atom. The lowest BCUT2D eigenvalue weighted by atomic mass is 10.2. The van der Waals surface area contributed by atoms with E-state index >= 15 is 0 Å². The maximum absolute atomic E-state index is 13.1. The SMILES string of the molecule is OCC(F)c1ccc2ccccc2n1. The zero-order valence-corrected chi connectivity index (χ0v) is 7.52. The number of aromatic nitrogens is 1. The summed E-state index contributed by atoms with van der Waals surface area (Å²) in [6.07, 6.45) is -1.39. The van der Waals surface area contributed by atoms with Gasteiger partial charge in [-0.3, -0.25) is 0 Å². The molecule has 1 aromatic heterocycles. The molecule has 0 spiro atoms. The molecule has 0 amide bonds. The van der Waals surface area contributed by atoms with Crippen molar-refractivity contribution in [3.63, 3.8) is 0 Å². The zero-order chi connectivity index (χ0) is 9.97. The lowest BCUT2D eigenvalue weighted by molar-refractivity contribution is 0.177. The van der Waals surface area contributed by atoms with E-state index in [9.17, 15) is 4.39 Å². The monoisotopic (exact) mass is 191 g/mol. The summed E-state index contributed by atoms with van der Waals surface area (Å²) >= 11 is 0. The molecule has 0 aliphatic carbocycles. The maximum Gasteiger partial charge on any atom is 0.165 e. The molecule has 3 heteroatoms. The van der Waals surface area contributed by atoms with Gasteiger partial charge >= 0.3 is 0 Å². The number of fused-ring (bicyclic) bond motifs is 1. The molecule has 1 heterocycles. The summed E-state index contributed by atoms with van der Waals surface area (Å²) < 4.78 is 13.1. The molecule has 0 saturated heterocycles. The molecule has 0 saturated carbocycles. The molecule has 1 N–H and O–H groups in total. The number of alkyl halides is 1. The number of aliphatic hydroxyl groups is 1. The fraction of sp³-hybridized carbons (Fsp3) is 0.182. The van der Waals surface area contributed by atoms with Crippen LogP contribution in [0, 0.1) is 0 Å². The van der Waals surface area contributed by atoms with E-state index in [-0.39, 0.29) is 5.69 Å². The van der Waals surface area contributed by atoms with Crippen molar-refractivity contribution >= 4 is 10.9 Å². The van der Waals surface area contributed by atoms with E-state index in [1.807, 2.05) is 24.3 Å². The molecule has 0 aliphatic rings. The van der Waals surface area contributed by atoms with E-state index in [1.54, 1.807) is 12.1 Å². The average Bonchev–Trinajstić information content (AvgIpc) is 2.27. The summed E-state index contributed by atoms with van der Waals surface area (Å²) in [6.45, 7) is -0.522. The smallest absolute Gasteiger partial charge is 0.165 e. The third-order valence-electron chi connectivity index (χ3n) is 2.10. The van der Waals surface area contributed by atoms with Crippen LogP contribution in [0.4, 0.5) is 4.39 Å². The normalized spacial score (nSPS) is 13.0. The van der Waals surface area contributed by atoms with Crippen molar-refractivity contribution in [2.75, 3.05) is 6.61 Å². The highest BCUT2D eigenvalue weighted by atomic mass is 19.1. The van der Waals surface area contributed by atoms with Gasteiger partial charge in [0.05, 0.1) is 17.8 Å². The first-order valence-corrected chi connectivity index (χ1v) is 4.42. The van der Waals surface area contributed by atoms with Crippen LogP contribution in [0.2, 0.25) is 0 Å². The topological polar surface area (TPSA) is 33.1 Å². The highest BCUT2D eigenvalue weighted by molar-refractivity contribution is 5.78. The Morgan fingerprint density at radius 3 is 2.79 bits per heavy atom. The van der Waals surface area contributed by atoms with Gasteiger partial charge in [0.15, 0.2) is 6.17 Å². The molecular formula is C11H10FNO. The van der Waals surface area contributed by atoms with Gasteiger partial charge in [0.2, 0.25) is 0 Å². The fourth-order valence-electron chi connectivity index (χ4n) is 1.35. The third kappa shape index (κ3) is 1.59. The van der Waals surface area contributed by atoms with E-state index in [2.05, 4.69) is 4.98 Å². The highest BCUT2D eigenvalue weighted by Crippen LogP contribution is 2.18. The summed E-state index contributed by atoms with van der Waals surface area (Å²) in [5, 5.41) is 9.62. The van der Waals surface area contributed by atoms with Crippen LogP contribution >= 0.6 is 0 Å². The Labute approximate surface area is 81.0 Å². The molecule has 14 heavy (non-hydrogen) atoms. The standard InChI is InChI=1S/C11H10FNO/c12-9(7-14)11-6-5-8-3-1-2-4-10(8)13-11/h1-6,9,14H,7H2. The Kier molecular flexibility index (Phi) is 2.41. The number of hydrogen-bond acceptors (Lipinski definition) is 2. The summed E-state index contributed by atoms with van der Waals surface area (Å²) in [6, 6.07) is 10.9. The molecule has 2 aromatic rings. The predicted molar refractivity (Wildman–Crippen MR) is 52.7 cm³/mol. The van der Waals surface area contributed by atoms with E-state index in [0.717, 1.165) is 10.9 Å². The molecule has 1 unspecified atom stereocenters.